The van der Waals surface area contributed by atoms with E-state index in [-0.39, 0.29) is 11.8 Å². The highest BCUT2D eigenvalue weighted by molar-refractivity contribution is 5.84. The second-order valence-electron chi connectivity index (χ2n) is 7.79. The molecule has 1 N–H and O–H groups in total. The Morgan fingerprint density at radius 3 is 2.85 bits per heavy atom. The molecule has 1 aliphatic heterocycles. The summed E-state index contributed by atoms with van der Waals surface area (Å²) < 4.78 is 2.10. The molecule has 0 spiro atoms. The van der Waals surface area contributed by atoms with Crippen molar-refractivity contribution in [2.45, 2.75) is 51.6 Å². The Kier molecular flexibility index (Phi) is 5.53. The first-order chi connectivity index (χ1) is 13.2. The van der Waals surface area contributed by atoms with Gasteiger partial charge in [-0.05, 0) is 62.7 Å². The molecule has 6 nitrogen and oxygen atoms in total. The van der Waals surface area contributed by atoms with E-state index >= 15 is 0 Å². The fourth-order valence-corrected chi connectivity index (χ4v) is 4.41. The summed E-state index contributed by atoms with van der Waals surface area (Å²) >= 11 is 0. The van der Waals surface area contributed by atoms with Crippen LogP contribution in [0.3, 0.4) is 0 Å². The minimum atomic E-state index is 0.0432. The van der Waals surface area contributed by atoms with Crippen molar-refractivity contribution in [2.24, 2.45) is 5.92 Å². The van der Waals surface area contributed by atoms with Crippen LogP contribution in [-0.4, -0.2) is 45.2 Å². The predicted molar refractivity (Wildman–Crippen MR) is 104 cm³/mol. The van der Waals surface area contributed by atoms with E-state index in [1.807, 2.05) is 6.07 Å². The van der Waals surface area contributed by atoms with Gasteiger partial charge in [-0.25, -0.2) is 0 Å². The average molecular weight is 367 g/mol. The molecule has 4 rings (SSSR count). The molecule has 0 unspecified atom stereocenters. The van der Waals surface area contributed by atoms with Crippen molar-refractivity contribution in [3.05, 3.63) is 47.5 Å². The molecule has 144 valence electrons. The van der Waals surface area contributed by atoms with Gasteiger partial charge in [0.05, 0.1) is 12.5 Å². The maximum absolute atomic E-state index is 12.7. The molecule has 0 bridgehead atoms. The van der Waals surface area contributed by atoms with E-state index in [1.165, 1.54) is 11.1 Å². The number of carbonyl (C=O) groups is 1. The van der Waals surface area contributed by atoms with E-state index in [0.717, 1.165) is 64.2 Å². The lowest BCUT2D eigenvalue weighted by Crippen LogP contribution is -2.39. The van der Waals surface area contributed by atoms with E-state index in [4.69, 9.17) is 0 Å². The molecule has 0 radical (unpaired) electrons. The van der Waals surface area contributed by atoms with E-state index in [1.54, 1.807) is 6.33 Å². The van der Waals surface area contributed by atoms with Crippen LogP contribution >= 0.6 is 0 Å². The first kappa shape index (κ1) is 18.2. The molecule has 1 aromatic heterocycles. The third kappa shape index (κ3) is 4.05. The van der Waals surface area contributed by atoms with E-state index < -0.39 is 0 Å². The van der Waals surface area contributed by atoms with Crippen molar-refractivity contribution in [3.63, 3.8) is 0 Å². The summed E-state index contributed by atoms with van der Waals surface area (Å²) in [5.41, 5.74) is 2.57. The molecule has 1 saturated heterocycles. The number of carbonyl (C=O) groups excluding carboxylic acids is 1. The second-order valence-corrected chi connectivity index (χ2v) is 7.79. The number of nitrogens with one attached hydrogen (secondary N) is 1. The third-order valence-corrected chi connectivity index (χ3v) is 6.12. The molecule has 1 aromatic carbocycles. The topological polar surface area (TPSA) is 63.1 Å². The quantitative estimate of drug-likeness (QED) is 0.851. The molecular weight excluding hydrogens is 338 g/mol. The van der Waals surface area contributed by atoms with Crippen molar-refractivity contribution in [3.8, 4) is 0 Å². The SMILES string of the molecule is CCn1cnnc1CN1CCC(CNC(=O)[C@@H]2CCc3ccccc32)CC1. The zero-order chi connectivity index (χ0) is 18.6. The lowest BCUT2D eigenvalue weighted by Gasteiger charge is -2.31. The first-order valence-corrected chi connectivity index (χ1v) is 10.2. The Bertz CT molecular complexity index is 778. The fourth-order valence-electron chi connectivity index (χ4n) is 4.41. The Hall–Kier alpha value is -2.21. The molecule has 27 heavy (non-hydrogen) atoms. The van der Waals surface area contributed by atoms with Gasteiger partial charge in [-0.3, -0.25) is 9.69 Å². The van der Waals surface area contributed by atoms with Crippen LogP contribution in [0.1, 0.15) is 49.1 Å². The minimum Gasteiger partial charge on any atom is -0.355 e. The molecule has 2 aromatic rings. The molecule has 6 heteroatoms. The molecule has 1 atom stereocenters. The summed E-state index contributed by atoms with van der Waals surface area (Å²) in [5.74, 6) is 1.87. The number of hydrogen-bond acceptors (Lipinski definition) is 4. The van der Waals surface area contributed by atoms with Gasteiger partial charge in [-0.2, -0.15) is 0 Å². The van der Waals surface area contributed by atoms with Crippen LogP contribution in [0.5, 0.6) is 0 Å². The van der Waals surface area contributed by atoms with Crippen LogP contribution in [0.2, 0.25) is 0 Å². The largest absolute Gasteiger partial charge is 0.355 e. The lowest BCUT2D eigenvalue weighted by molar-refractivity contribution is -0.122. The monoisotopic (exact) mass is 367 g/mol. The van der Waals surface area contributed by atoms with Crippen molar-refractivity contribution in [1.82, 2.24) is 25.0 Å². The van der Waals surface area contributed by atoms with Crippen LogP contribution in [0.15, 0.2) is 30.6 Å². The zero-order valence-electron chi connectivity index (χ0n) is 16.1. The number of nitrogens with zero attached hydrogens (tertiary/aromatic N) is 4. The minimum absolute atomic E-state index is 0.0432. The average Bonchev–Trinajstić information content (AvgIpc) is 3.33. The van der Waals surface area contributed by atoms with Crippen LogP contribution in [-0.2, 0) is 24.3 Å². The van der Waals surface area contributed by atoms with Crippen molar-refractivity contribution >= 4 is 5.91 Å². The van der Waals surface area contributed by atoms with Gasteiger partial charge in [0.1, 0.15) is 12.2 Å². The van der Waals surface area contributed by atoms with Gasteiger partial charge in [-0.1, -0.05) is 24.3 Å². The number of likely N-dealkylation sites (tertiary alicyclic amines) is 1. The number of aryl methyl sites for hydroxylation is 2. The molecule has 2 aliphatic rings. The Balaban J connectivity index is 1.22. The van der Waals surface area contributed by atoms with Crippen LogP contribution < -0.4 is 5.32 Å². The predicted octanol–water partition coefficient (Wildman–Crippen LogP) is 2.36. The van der Waals surface area contributed by atoms with E-state index in [9.17, 15) is 4.79 Å². The number of amides is 1. The Labute approximate surface area is 161 Å². The normalized spacial score (nSPS) is 20.6. The molecule has 1 aliphatic carbocycles. The number of rotatable bonds is 6. The highest BCUT2D eigenvalue weighted by Crippen LogP contribution is 2.33. The molecule has 1 fully saturated rings. The zero-order valence-corrected chi connectivity index (χ0v) is 16.1. The summed E-state index contributed by atoms with van der Waals surface area (Å²) in [6.45, 7) is 6.81. The highest BCUT2D eigenvalue weighted by Gasteiger charge is 2.29. The summed E-state index contributed by atoms with van der Waals surface area (Å²) in [6, 6.07) is 8.37. The Morgan fingerprint density at radius 2 is 2.04 bits per heavy atom. The number of hydrogen-bond donors (Lipinski definition) is 1. The van der Waals surface area contributed by atoms with E-state index in [0.29, 0.717) is 5.92 Å². The van der Waals surface area contributed by atoms with Gasteiger partial charge in [0, 0.05) is 13.1 Å². The van der Waals surface area contributed by atoms with Crippen molar-refractivity contribution < 1.29 is 4.79 Å². The second kappa shape index (κ2) is 8.21. The Morgan fingerprint density at radius 1 is 1.22 bits per heavy atom. The standard InChI is InChI=1S/C21H29N5O/c1-2-26-15-23-24-20(26)14-25-11-9-16(10-12-25)13-22-21(27)19-8-7-17-5-3-4-6-18(17)19/h3-6,15-16,19H,2,7-14H2,1H3,(H,22,27)/t19-/m1/s1. The smallest absolute Gasteiger partial charge is 0.227 e. The van der Waals surface area contributed by atoms with Crippen molar-refractivity contribution in [1.29, 1.82) is 0 Å². The lowest BCUT2D eigenvalue weighted by atomic mass is 9.95. The van der Waals surface area contributed by atoms with Gasteiger partial charge in [0.25, 0.3) is 0 Å². The van der Waals surface area contributed by atoms with Crippen LogP contribution in [0.25, 0.3) is 0 Å². The number of aromatic nitrogens is 3. The van der Waals surface area contributed by atoms with Gasteiger partial charge < -0.3 is 9.88 Å². The molecule has 0 saturated carbocycles. The fraction of sp³-hybridized carbons (Fsp3) is 0.571. The van der Waals surface area contributed by atoms with Gasteiger partial charge in [0.2, 0.25) is 5.91 Å². The molecule has 1 amide bonds. The third-order valence-electron chi connectivity index (χ3n) is 6.12. The summed E-state index contributed by atoms with van der Waals surface area (Å²) in [7, 11) is 0. The summed E-state index contributed by atoms with van der Waals surface area (Å²) in [4.78, 5) is 15.1. The van der Waals surface area contributed by atoms with Gasteiger partial charge in [-0.15, -0.1) is 10.2 Å². The van der Waals surface area contributed by atoms with Crippen LogP contribution in [0.4, 0.5) is 0 Å². The molecular formula is C21H29N5O. The number of benzene rings is 1. The van der Waals surface area contributed by atoms with Gasteiger partial charge in [0.15, 0.2) is 0 Å². The van der Waals surface area contributed by atoms with Crippen molar-refractivity contribution in [2.75, 3.05) is 19.6 Å². The maximum atomic E-state index is 12.7. The molecule has 2 heterocycles. The number of fused-ring (bicyclic) bond motifs is 1. The summed E-state index contributed by atoms with van der Waals surface area (Å²) in [5, 5.41) is 11.5. The maximum Gasteiger partial charge on any atom is 0.227 e. The first-order valence-electron chi connectivity index (χ1n) is 10.2. The highest BCUT2D eigenvalue weighted by atomic mass is 16.1. The van der Waals surface area contributed by atoms with Crippen LogP contribution in [0, 0.1) is 5.92 Å². The van der Waals surface area contributed by atoms with E-state index in [2.05, 4.69) is 50.1 Å². The number of piperidine rings is 1. The van der Waals surface area contributed by atoms with Gasteiger partial charge >= 0.3 is 0 Å². The summed E-state index contributed by atoms with van der Waals surface area (Å²) in [6.07, 6.45) is 6.03.